The summed E-state index contributed by atoms with van der Waals surface area (Å²) < 4.78 is 16.8. The summed E-state index contributed by atoms with van der Waals surface area (Å²) in [6, 6.07) is 14.8. The summed E-state index contributed by atoms with van der Waals surface area (Å²) in [4.78, 5) is 12.2. The second-order valence-electron chi connectivity index (χ2n) is 6.50. The molecule has 1 heterocycles. The Kier molecular flexibility index (Phi) is 7.32. The lowest BCUT2D eigenvalue weighted by Crippen LogP contribution is -2.21. The molecule has 0 saturated carbocycles. The van der Waals surface area contributed by atoms with E-state index >= 15 is 0 Å². The number of hydrogen-bond acceptors (Lipinski definition) is 5. The molecule has 3 rings (SSSR count). The van der Waals surface area contributed by atoms with Crippen molar-refractivity contribution < 1.29 is 19.0 Å². The highest BCUT2D eigenvalue weighted by atomic mass is 16.5. The molecule has 6 heteroatoms. The molecule has 1 aliphatic heterocycles. The van der Waals surface area contributed by atoms with Gasteiger partial charge in [0.1, 0.15) is 24.7 Å². The molecule has 2 aromatic carbocycles. The number of carbonyl (C=O) groups is 1. The van der Waals surface area contributed by atoms with Crippen molar-refractivity contribution in [3.8, 4) is 11.5 Å². The van der Waals surface area contributed by atoms with Gasteiger partial charge in [0, 0.05) is 30.1 Å². The first-order chi connectivity index (χ1) is 13.7. The van der Waals surface area contributed by atoms with Crippen molar-refractivity contribution in [3.63, 3.8) is 0 Å². The first kappa shape index (κ1) is 19.8. The highest BCUT2D eigenvalue weighted by molar-refractivity contribution is 5.93. The van der Waals surface area contributed by atoms with Gasteiger partial charge in [-0.1, -0.05) is 24.8 Å². The summed E-state index contributed by atoms with van der Waals surface area (Å²) in [6.45, 7) is 5.55. The van der Waals surface area contributed by atoms with E-state index in [1.807, 2.05) is 42.5 Å². The molecule has 6 nitrogen and oxygen atoms in total. The molecular formula is C22H26N2O4. The highest BCUT2D eigenvalue weighted by Crippen LogP contribution is 2.20. The molecule has 1 atom stereocenters. The zero-order valence-electron chi connectivity index (χ0n) is 15.9. The predicted molar refractivity (Wildman–Crippen MR) is 110 cm³/mol. The third-order valence-electron chi connectivity index (χ3n) is 4.23. The van der Waals surface area contributed by atoms with E-state index < -0.39 is 0 Å². The lowest BCUT2D eigenvalue weighted by atomic mass is 10.2. The van der Waals surface area contributed by atoms with Crippen molar-refractivity contribution in [2.45, 2.75) is 18.9 Å². The van der Waals surface area contributed by atoms with Crippen LogP contribution in [0.5, 0.6) is 11.5 Å². The second kappa shape index (κ2) is 10.4. The standard InChI is InChI=1S/C22H26N2O4/c1-2-11-26-19-8-4-7-18(14-19)24-22(25)15-23-17-6-3-9-20(13-17)28-16-21-10-5-12-27-21/h2-4,6-9,13-14,21,23H,1,5,10-12,15-16H2,(H,24,25). The van der Waals surface area contributed by atoms with E-state index in [4.69, 9.17) is 14.2 Å². The lowest BCUT2D eigenvalue weighted by Gasteiger charge is -2.13. The zero-order valence-corrected chi connectivity index (χ0v) is 15.9. The minimum Gasteiger partial charge on any atom is -0.491 e. The topological polar surface area (TPSA) is 68.8 Å². The predicted octanol–water partition coefficient (Wildman–Crippen LogP) is 3.86. The summed E-state index contributed by atoms with van der Waals surface area (Å²) in [7, 11) is 0. The molecule has 0 radical (unpaired) electrons. The van der Waals surface area contributed by atoms with Gasteiger partial charge in [-0.25, -0.2) is 0 Å². The Morgan fingerprint density at radius 1 is 1.14 bits per heavy atom. The first-order valence-electron chi connectivity index (χ1n) is 9.45. The van der Waals surface area contributed by atoms with Gasteiger partial charge in [0.2, 0.25) is 5.91 Å². The molecule has 148 valence electrons. The van der Waals surface area contributed by atoms with Gasteiger partial charge < -0.3 is 24.8 Å². The van der Waals surface area contributed by atoms with Gasteiger partial charge >= 0.3 is 0 Å². The Labute approximate surface area is 165 Å². The Balaban J connectivity index is 1.46. The van der Waals surface area contributed by atoms with Crippen LogP contribution in [0.2, 0.25) is 0 Å². The Bertz CT molecular complexity index is 788. The van der Waals surface area contributed by atoms with Crippen LogP contribution in [0.4, 0.5) is 11.4 Å². The molecule has 1 fully saturated rings. The number of rotatable bonds is 10. The van der Waals surface area contributed by atoms with E-state index in [1.54, 1.807) is 12.1 Å². The number of carbonyl (C=O) groups excluding carboxylic acids is 1. The minimum absolute atomic E-state index is 0.146. The molecule has 0 aliphatic carbocycles. The molecule has 1 amide bonds. The van der Waals surface area contributed by atoms with Crippen molar-refractivity contribution in [2.75, 3.05) is 37.0 Å². The van der Waals surface area contributed by atoms with Crippen LogP contribution in [0.15, 0.2) is 61.2 Å². The van der Waals surface area contributed by atoms with Crippen molar-refractivity contribution >= 4 is 17.3 Å². The van der Waals surface area contributed by atoms with Gasteiger partial charge in [-0.05, 0) is 37.1 Å². The summed E-state index contributed by atoms with van der Waals surface area (Å²) in [6.07, 6.45) is 3.98. The van der Waals surface area contributed by atoms with E-state index in [1.165, 1.54) is 0 Å². The van der Waals surface area contributed by atoms with E-state index in [-0.39, 0.29) is 18.6 Å². The fourth-order valence-corrected chi connectivity index (χ4v) is 2.87. The first-order valence-corrected chi connectivity index (χ1v) is 9.45. The fraction of sp³-hybridized carbons (Fsp3) is 0.318. The van der Waals surface area contributed by atoms with Crippen LogP contribution < -0.4 is 20.1 Å². The Hall–Kier alpha value is -2.99. The molecule has 28 heavy (non-hydrogen) atoms. The van der Waals surface area contributed by atoms with Gasteiger partial charge in [-0.15, -0.1) is 0 Å². The number of nitrogens with one attached hydrogen (secondary N) is 2. The molecule has 2 N–H and O–H groups in total. The quantitative estimate of drug-likeness (QED) is 0.611. The van der Waals surface area contributed by atoms with Gasteiger partial charge in [0.15, 0.2) is 0 Å². The van der Waals surface area contributed by atoms with E-state index in [2.05, 4.69) is 17.2 Å². The summed E-state index contributed by atoms with van der Waals surface area (Å²) in [5.74, 6) is 1.29. The van der Waals surface area contributed by atoms with Gasteiger partial charge in [-0.2, -0.15) is 0 Å². The van der Waals surface area contributed by atoms with Crippen molar-refractivity contribution in [1.29, 1.82) is 0 Å². The third kappa shape index (κ3) is 6.32. The van der Waals surface area contributed by atoms with Crippen LogP contribution in [0.25, 0.3) is 0 Å². The fourth-order valence-electron chi connectivity index (χ4n) is 2.87. The minimum atomic E-state index is -0.147. The van der Waals surface area contributed by atoms with Crippen molar-refractivity contribution in [3.05, 3.63) is 61.2 Å². The van der Waals surface area contributed by atoms with E-state index in [0.717, 1.165) is 30.9 Å². The molecule has 2 aromatic rings. The van der Waals surface area contributed by atoms with Gasteiger partial charge in [0.05, 0.1) is 12.6 Å². The smallest absolute Gasteiger partial charge is 0.243 e. The number of amides is 1. The largest absolute Gasteiger partial charge is 0.491 e. The SMILES string of the molecule is C=CCOc1cccc(NC(=O)CNc2cccc(OCC3CCCO3)c2)c1. The summed E-state index contributed by atoms with van der Waals surface area (Å²) in [5.41, 5.74) is 1.50. The van der Waals surface area contributed by atoms with Gasteiger partial charge in [0.25, 0.3) is 0 Å². The van der Waals surface area contributed by atoms with Crippen molar-refractivity contribution in [2.24, 2.45) is 0 Å². The van der Waals surface area contributed by atoms with E-state index in [9.17, 15) is 4.79 Å². The van der Waals surface area contributed by atoms with Crippen LogP contribution in [0, 0.1) is 0 Å². The second-order valence-corrected chi connectivity index (χ2v) is 6.50. The number of hydrogen-bond donors (Lipinski definition) is 2. The average Bonchev–Trinajstić information content (AvgIpc) is 3.23. The average molecular weight is 382 g/mol. The molecule has 1 unspecified atom stereocenters. The van der Waals surface area contributed by atoms with Crippen LogP contribution in [0.3, 0.4) is 0 Å². The maximum Gasteiger partial charge on any atom is 0.243 e. The van der Waals surface area contributed by atoms with Crippen LogP contribution in [-0.4, -0.2) is 38.4 Å². The number of benzene rings is 2. The van der Waals surface area contributed by atoms with Crippen LogP contribution in [0.1, 0.15) is 12.8 Å². The maximum atomic E-state index is 12.2. The van der Waals surface area contributed by atoms with Crippen LogP contribution >= 0.6 is 0 Å². The lowest BCUT2D eigenvalue weighted by molar-refractivity contribution is -0.114. The van der Waals surface area contributed by atoms with Gasteiger partial charge in [-0.3, -0.25) is 4.79 Å². The molecule has 0 aromatic heterocycles. The molecular weight excluding hydrogens is 356 g/mol. The molecule has 0 bridgehead atoms. The molecule has 0 spiro atoms. The number of anilines is 2. The monoisotopic (exact) mass is 382 g/mol. The Morgan fingerprint density at radius 2 is 1.89 bits per heavy atom. The highest BCUT2D eigenvalue weighted by Gasteiger charge is 2.16. The van der Waals surface area contributed by atoms with Crippen LogP contribution in [-0.2, 0) is 9.53 Å². The van der Waals surface area contributed by atoms with Crippen molar-refractivity contribution in [1.82, 2.24) is 0 Å². The Morgan fingerprint density at radius 3 is 2.64 bits per heavy atom. The number of ether oxygens (including phenoxy) is 3. The molecule has 1 saturated heterocycles. The normalized spacial score (nSPS) is 15.6. The maximum absolute atomic E-state index is 12.2. The zero-order chi connectivity index (χ0) is 19.6. The summed E-state index contributed by atoms with van der Waals surface area (Å²) >= 11 is 0. The third-order valence-corrected chi connectivity index (χ3v) is 4.23. The molecule has 1 aliphatic rings. The summed E-state index contributed by atoms with van der Waals surface area (Å²) in [5, 5.41) is 5.96. The van der Waals surface area contributed by atoms with E-state index in [0.29, 0.717) is 24.7 Å².